The minimum absolute atomic E-state index is 0.720. The smallest absolute Gasteiger partial charge is 0.0195 e. The van der Waals surface area contributed by atoms with Crippen LogP contribution in [0.25, 0.3) is 0 Å². The van der Waals surface area contributed by atoms with Crippen LogP contribution in [0.2, 0.25) is 0 Å². The molecule has 3 heteroatoms. The Kier molecular flexibility index (Phi) is 7.87. The van der Waals surface area contributed by atoms with Crippen LogP contribution >= 0.6 is 0 Å². The molecule has 2 atom stereocenters. The minimum atomic E-state index is 0.720. The molecule has 1 heterocycles. The van der Waals surface area contributed by atoms with Crippen molar-refractivity contribution in [3.8, 4) is 0 Å². The summed E-state index contributed by atoms with van der Waals surface area (Å²) in [4.78, 5) is 5.08. The van der Waals surface area contributed by atoms with Crippen molar-refractivity contribution in [1.82, 2.24) is 15.1 Å². The van der Waals surface area contributed by atoms with Gasteiger partial charge < -0.3 is 15.1 Å². The van der Waals surface area contributed by atoms with Gasteiger partial charge in [-0.15, -0.1) is 0 Å². The number of hydrogen-bond acceptors (Lipinski definition) is 3. The molecule has 0 aromatic rings. The van der Waals surface area contributed by atoms with Gasteiger partial charge in [0.1, 0.15) is 0 Å². The van der Waals surface area contributed by atoms with Crippen LogP contribution in [0.3, 0.4) is 0 Å². The first-order valence-corrected chi connectivity index (χ1v) is 7.91. The van der Waals surface area contributed by atoms with Gasteiger partial charge in [-0.25, -0.2) is 0 Å². The molecule has 3 nitrogen and oxygen atoms in total. The van der Waals surface area contributed by atoms with Crippen molar-refractivity contribution >= 4 is 0 Å². The topological polar surface area (TPSA) is 18.5 Å². The maximum atomic E-state index is 3.75. The van der Waals surface area contributed by atoms with E-state index in [1.54, 1.807) is 0 Å². The van der Waals surface area contributed by atoms with E-state index in [9.17, 15) is 0 Å². The van der Waals surface area contributed by atoms with Gasteiger partial charge in [-0.1, -0.05) is 27.7 Å². The summed E-state index contributed by atoms with van der Waals surface area (Å²) in [5.41, 5.74) is 0. The van der Waals surface area contributed by atoms with E-state index in [-0.39, 0.29) is 0 Å². The van der Waals surface area contributed by atoms with E-state index in [4.69, 9.17) is 0 Å². The highest BCUT2D eigenvalue weighted by atomic mass is 15.1. The Morgan fingerprint density at radius 3 is 1.83 bits per heavy atom. The van der Waals surface area contributed by atoms with E-state index >= 15 is 0 Å². The van der Waals surface area contributed by atoms with E-state index in [2.05, 4.69) is 42.8 Å². The Balaban J connectivity index is 2.23. The molecule has 0 saturated carbocycles. The van der Waals surface area contributed by atoms with Crippen molar-refractivity contribution in [2.24, 2.45) is 5.92 Å². The predicted molar refractivity (Wildman–Crippen MR) is 80.1 cm³/mol. The lowest BCUT2D eigenvalue weighted by Crippen LogP contribution is -2.48. The van der Waals surface area contributed by atoms with Gasteiger partial charge in [0.15, 0.2) is 0 Å². The van der Waals surface area contributed by atoms with Crippen LogP contribution in [0.1, 0.15) is 40.5 Å². The highest BCUT2D eigenvalue weighted by molar-refractivity contribution is 4.81. The van der Waals surface area contributed by atoms with Gasteiger partial charge in [0.05, 0.1) is 0 Å². The van der Waals surface area contributed by atoms with Crippen molar-refractivity contribution in [3.63, 3.8) is 0 Å². The molecule has 0 bridgehead atoms. The largest absolute Gasteiger partial charge is 0.312 e. The lowest BCUT2D eigenvalue weighted by molar-refractivity contribution is 0.183. The Morgan fingerprint density at radius 2 is 1.39 bits per heavy atom. The fourth-order valence-electron chi connectivity index (χ4n) is 2.93. The number of likely N-dealkylation sites (N-methyl/N-ethyl adjacent to an activating group) is 1. The maximum absolute atomic E-state index is 3.75. The van der Waals surface area contributed by atoms with Crippen LogP contribution in [0, 0.1) is 5.92 Å². The molecule has 0 amide bonds. The number of hydrogen-bond donors (Lipinski definition) is 1. The van der Waals surface area contributed by atoms with Crippen molar-refractivity contribution in [1.29, 1.82) is 0 Å². The zero-order valence-corrected chi connectivity index (χ0v) is 12.9. The minimum Gasteiger partial charge on any atom is -0.312 e. The van der Waals surface area contributed by atoms with Gasteiger partial charge in [-0.3, -0.25) is 0 Å². The summed E-state index contributed by atoms with van der Waals surface area (Å²) in [6.07, 6.45) is 2.75. The van der Waals surface area contributed by atoms with Crippen molar-refractivity contribution in [2.45, 2.75) is 46.6 Å². The van der Waals surface area contributed by atoms with Gasteiger partial charge in [-0.05, 0) is 51.5 Å². The summed E-state index contributed by atoms with van der Waals surface area (Å²) in [6.45, 7) is 17.5. The maximum Gasteiger partial charge on any atom is 0.0195 e. The lowest BCUT2D eigenvalue weighted by Gasteiger charge is -2.35. The fraction of sp³-hybridized carbons (Fsp3) is 1.00. The third kappa shape index (κ3) is 5.25. The molecule has 0 aromatic heterocycles. The zero-order chi connectivity index (χ0) is 13.4. The van der Waals surface area contributed by atoms with Gasteiger partial charge in [0.2, 0.25) is 0 Å². The molecule has 1 rings (SSSR count). The second-order valence-corrected chi connectivity index (χ2v) is 5.52. The van der Waals surface area contributed by atoms with Gasteiger partial charge >= 0.3 is 0 Å². The molecule has 1 aliphatic rings. The van der Waals surface area contributed by atoms with Crippen LogP contribution in [0.15, 0.2) is 0 Å². The number of rotatable bonds is 8. The van der Waals surface area contributed by atoms with Gasteiger partial charge in [0.25, 0.3) is 0 Å². The third-order valence-electron chi connectivity index (χ3n) is 4.40. The number of nitrogens with zero attached hydrogens (tertiary/aromatic N) is 2. The van der Waals surface area contributed by atoms with E-state index in [1.165, 1.54) is 58.7 Å². The Labute approximate surface area is 114 Å². The molecule has 0 spiro atoms. The van der Waals surface area contributed by atoms with Crippen molar-refractivity contribution in [2.75, 3.05) is 45.8 Å². The predicted octanol–water partition coefficient (Wildman–Crippen LogP) is 2.04. The molecule has 0 aromatic carbocycles. The van der Waals surface area contributed by atoms with Crippen LogP contribution in [0.4, 0.5) is 0 Å². The first-order chi connectivity index (χ1) is 8.73. The Morgan fingerprint density at radius 1 is 0.833 bits per heavy atom. The second-order valence-electron chi connectivity index (χ2n) is 5.52. The van der Waals surface area contributed by atoms with Crippen LogP contribution in [-0.4, -0.2) is 61.7 Å². The highest BCUT2D eigenvalue weighted by Crippen LogP contribution is 2.16. The molecule has 18 heavy (non-hydrogen) atoms. The molecule has 1 N–H and O–H groups in total. The quantitative estimate of drug-likeness (QED) is 0.716. The van der Waals surface area contributed by atoms with Crippen LogP contribution in [-0.2, 0) is 0 Å². The molecule has 108 valence electrons. The molecule has 0 radical (unpaired) electrons. The van der Waals surface area contributed by atoms with E-state index in [1.807, 2.05) is 0 Å². The summed E-state index contributed by atoms with van der Waals surface area (Å²) in [5.74, 6) is 0.859. The molecular weight excluding hydrogens is 222 g/mol. The van der Waals surface area contributed by atoms with Gasteiger partial charge in [-0.2, -0.15) is 0 Å². The normalized spacial score (nSPS) is 25.0. The summed E-state index contributed by atoms with van der Waals surface area (Å²) in [5, 5.41) is 3.75. The standard InChI is InChI=1S/C15H33N3/c1-5-17(6-2)12-14-9-10-15(16-11-14)13-18(7-3)8-4/h14-16H,5-13H2,1-4H3. The average molecular weight is 255 g/mol. The zero-order valence-electron chi connectivity index (χ0n) is 12.9. The summed E-state index contributed by atoms with van der Waals surface area (Å²) in [6, 6.07) is 0.720. The number of piperidine rings is 1. The summed E-state index contributed by atoms with van der Waals surface area (Å²) >= 11 is 0. The molecular formula is C15H33N3. The lowest BCUT2D eigenvalue weighted by atomic mass is 9.94. The SMILES string of the molecule is CCN(CC)CC1CCC(CN(CC)CC)NC1. The Hall–Kier alpha value is -0.120. The second kappa shape index (κ2) is 8.89. The monoisotopic (exact) mass is 255 g/mol. The highest BCUT2D eigenvalue weighted by Gasteiger charge is 2.22. The van der Waals surface area contributed by atoms with Crippen molar-refractivity contribution < 1.29 is 0 Å². The average Bonchev–Trinajstić information content (AvgIpc) is 2.43. The Bertz CT molecular complexity index is 170. The molecule has 1 fully saturated rings. The van der Waals surface area contributed by atoms with Crippen molar-refractivity contribution in [3.05, 3.63) is 0 Å². The first kappa shape index (κ1) is 15.9. The van der Waals surface area contributed by atoms with E-state index < -0.39 is 0 Å². The van der Waals surface area contributed by atoms with Crippen LogP contribution < -0.4 is 5.32 Å². The number of nitrogens with one attached hydrogen (secondary N) is 1. The molecule has 1 saturated heterocycles. The van der Waals surface area contributed by atoms with E-state index in [0.717, 1.165) is 12.0 Å². The summed E-state index contributed by atoms with van der Waals surface area (Å²) in [7, 11) is 0. The fourth-order valence-corrected chi connectivity index (χ4v) is 2.93. The first-order valence-electron chi connectivity index (χ1n) is 7.91. The summed E-state index contributed by atoms with van der Waals surface area (Å²) < 4.78 is 0. The molecule has 1 aliphatic heterocycles. The third-order valence-corrected chi connectivity index (χ3v) is 4.40. The molecule has 0 aliphatic carbocycles. The van der Waals surface area contributed by atoms with E-state index in [0.29, 0.717) is 0 Å². The van der Waals surface area contributed by atoms with Crippen LogP contribution in [0.5, 0.6) is 0 Å². The molecule has 2 unspecified atom stereocenters. The van der Waals surface area contributed by atoms with Gasteiger partial charge in [0, 0.05) is 19.1 Å².